The Balaban J connectivity index is 1.95. The van der Waals surface area contributed by atoms with Crippen LogP contribution in [0.3, 0.4) is 0 Å². The van der Waals surface area contributed by atoms with E-state index in [9.17, 15) is 9.90 Å². The molecule has 2 aromatic heterocycles. The van der Waals surface area contributed by atoms with Gasteiger partial charge in [-0.15, -0.1) is 0 Å². The van der Waals surface area contributed by atoms with Crippen LogP contribution in [-0.4, -0.2) is 20.4 Å². The summed E-state index contributed by atoms with van der Waals surface area (Å²) < 4.78 is 7.43. The van der Waals surface area contributed by atoms with Crippen molar-refractivity contribution < 1.29 is 14.6 Å². The van der Waals surface area contributed by atoms with Crippen LogP contribution in [0.2, 0.25) is 0 Å². The Morgan fingerprint density at radius 1 is 1.24 bits per heavy atom. The van der Waals surface area contributed by atoms with Crippen molar-refractivity contribution in [1.82, 2.24) is 9.38 Å². The maximum absolute atomic E-state index is 11.0. The lowest BCUT2D eigenvalue weighted by Crippen LogP contribution is -2.10. The number of ether oxygens (including phenoxy) is 1. The van der Waals surface area contributed by atoms with Gasteiger partial charge in [-0.05, 0) is 36.4 Å². The van der Waals surface area contributed by atoms with Crippen molar-refractivity contribution in [2.45, 2.75) is 6.61 Å². The Morgan fingerprint density at radius 2 is 2.00 bits per heavy atom. The van der Waals surface area contributed by atoms with E-state index in [1.165, 1.54) is 0 Å². The van der Waals surface area contributed by atoms with E-state index in [1.54, 1.807) is 34.9 Å². The molecule has 0 aliphatic carbocycles. The first-order valence-corrected chi connectivity index (χ1v) is 6.33. The summed E-state index contributed by atoms with van der Waals surface area (Å²) in [6, 6.07) is 11.9. The number of primary amides is 1. The quantitative estimate of drug-likeness (QED) is 0.762. The van der Waals surface area contributed by atoms with Crippen LogP contribution in [0, 0.1) is 0 Å². The zero-order valence-corrected chi connectivity index (χ0v) is 11.1. The number of nitrogens with two attached hydrogens (primary N) is 1. The van der Waals surface area contributed by atoms with Crippen molar-refractivity contribution >= 4 is 11.6 Å². The second-order valence-electron chi connectivity index (χ2n) is 4.44. The molecule has 0 aliphatic rings. The third-order valence-electron chi connectivity index (χ3n) is 3.10. The maximum atomic E-state index is 11.0. The highest BCUT2D eigenvalue weighted by molar-refractivity contribution is 5.92. The number of nitrogens with zero attached hydrogens (tertiary/aromatic N) is 2. The molecule has 0 atom stereocenters. The minimum Gasteiger partial charge on any atom is -0.437 e. The Labute approximate surface area is 120 Å². The van der Waals surface area contributed by atoms with Gasteiger partial charge in [-0.2, -0.15) is 4.98 Å². The van der Waals surface area contributed by atoms with Gasteiger partial charge in [-0.3, -0.25) is 9.20 Å². The fourth-order valence-corrected chi connectivity index (χ4v) is 2.05. The Hall–Kier alpha value is -2.86. The zero-order chi connectivity index (χ0) is 14.8. The fraction of sp³-hybridized carbons (Fsp3) is 0.0667. The number of amides is 1. The summed E-state index contributed by atoms with van der Waals surface area (Å²) >= 11 is 0. The molecule has 0 unspecified atom stereocenters. The van der Waals surface area contributed by atoms with Crippen molar-refractivity contribution in [2.24, 2.45) is 5.73 Å². The van der Waals surface area contributed by atoms with Crippen LogP contribution in [0.1, 0.15) is 16.1 Å². The topological polar surface area (TPSA) is 89.9 Å². The van der Waals surface area contributed by atoms with Gasteiger partial charge in [0.25, 0.3) is 0 Å². The Bertz CT molecular complexity index is 794. The van der Waals surface area contributed by atoms with Crippen molar-refractivity contribution in [3.8, 4) is 11.6 Å². The second kappa shape index (κ2) is 5.26. The molecule has 0 saturated heterocycles. The Morgan fingerprint density at radius 3 is 2.67 bits per heavy atom. The minimum atomic E-state index is -0.495. The van der Waals surface area contributed by atoms with Crippen LogP contribution in [-0.2, 0) is 6.61 Å². The first kappa shape index (κ1) is 13.1. The van der Waals surface area contributed by atoms with Gasteiger partial charge in [0, 0.05) is 11.8 Å². The molecular weight excluding hydrogens is 270 g/mol. The van der Waals surface area contributed by atoms with Crippen LogP contribution in [0.15, 0.2) is 48.7 Å². The van der Waals surface area contributed by atoms with Crippen LogP contribution in [0.5, 0.6) is 11.6 Å². The van der Waals surface area contributed by atoms with Crippen molar-refractivity contribution in [3.63, 3.8) is 0 Å². The molecule has 0 aliphatic heterocycles. The summed E-state index contributed by atoms with van der Waals surface area (Å²) in [6.07, 6.45) is 1.80. The summed E-state index contributed by atoms with van der Waals surface area (Å²) in [5.74, 6) is 0.346. The highest BCUT2D eigenvalue weighted by Gasteiger charge is 2.13. The van der Waals surface area contributed by atoms with Gasteiger partial charge < -0.3 is 15.6 Å². The molecule has 6 heteroatoms. The molecule has 6 nitrogen and oxygen atoms in total. The van der Waals surface area contributed by atoms with Gasteiger partial charge in [0.1, 0.15) is 17.1 Å². The molecular formula is C15H13N3O3. The number of rotatable bonds is 4. The molecule has 1 amide bonds. The lowest BCUT2D eigenvalue weighted by atomic mass is 10.2. The molecule has 3 rings (SSSR count). The number of aliphatic hydroxyl groups is 1. The predicted molar refractivity (Wildman–Crippen MR) is 76.1 cm³/mol. The van der Waals surface area contributed by atoms with Crippen LogP contribution >= 0.6 is 0 Å². The number of aliphatic hydroxyl groups excluding tert-OH is 1. The summed E-state index contributed by atoms with van der Waals surface area (Å²) in [5.41, 5.74) is 6.83. The molecule has 0 saturated carbocycles. The van der Waals surface area contributed by atoms with Crippen LogP contribution in [0.25, 0.3) is 5.65 Å². The number of fused-ring (bicyclic) bond motifs is 1. The van der Waals surface area contributed by atoms with Gasteiger partial charge in [0.2, 0.25) is 11.8 Å². The summed E-state index contributed by atoms with van der Waals surface area (Å²) in [5, 5.41) is 9.50. The molecule has 3 aromatic rings. The van der Waals surface area contributed by atoms with E-state index in [1.807, 2.05) is 18.2 Å². The molecule has 3 N–H and O–H groups in total. The van der Waals surface area contributed by atoms with Crippen LogP contribution < -0.4 is 10.5 Å². The predicted octanol–water partition coefficient (Wildman–Crippen LogP) is 1.72. The summed E-state index contributed by atoms with van der Waals surface area (Å²) in [7, 11) is 0. The number of imidazole rings is 1. The standard InChI is InChI=1S/C15H13N3O3/c16-14(20)10-4-6-11(7-5-10)21-15-12(9-19)18-8-2-1-3-13(18)17-15/h1-8,19H,9H2,(H2,16,20). The van der Waals surface area contributed by atoms with Gasteiger partial charge in [0.15, 0.2) is 0 Å². The normalized spacial score (nSPS) is 10.7. The van der Waals surface area contributed by atoms with Gasteiger partial charge in [-0.25, -0.2) is 0 Å². The first-order chi connectivity index (χ1) is 10.2. The number of carbonyl (C=O) groups is 1. The Kier molecular flexibility index (Phi) is 3.29. The van der Waals surface area contributed by atoms with Crippen molar-refractivity contribution in [1.29, 1.82) is 0 Å². The lowest BCUT2D eigenvalue weighted by Gasteiger charge is -2.05. The van der Waals surface area contributed by atoms with E-state index in [2.05, 4.69) is 4.98 Å². The minimum absolute atomic E-state index is 0.195. The molecule has 2 heterocycles. The number of aromatic nitrogens is 2. The largest absolute Gasteiger partial charge is 0.437 e. The molecule has 0 bridgehead atoms. The fourth-order valence-electron chi connectivity index (χ4n) is 2.05. The monoisotopic (exact) mass is 283 g/mol. The number of hydrogen-bond acceptors (Lipinski definition) is 4. The lowest BCUT2D eigenvalue weighted by molar-refractivity contribution is 0.100. The van der Waals surface area contributed by atoms with Crippen LogP contribution in [0.4, 0.5) is 0 Å². The molecule has 106 valence electrons. The molecule has 1 aromatic carbocycles. The van der Waals surface area contributed by atoms with E-state index < -0.39 is 5.91 Å². The van der Waals surface area contributed by atoms with Gasteiger partial charge in [-0.1, -0.05) is 6.07 Å². The molecule has 21 heavy (non-hydrogen) atoms. The summed E-state index contributed by atoms with van der Waals surface area (Å²) in [4.78, 5) is 15.3. The number of pyridine rings is 1. The van der Waals surface area contributed by atoms with E-state index in [4.69, 9.17) is 10.5 Å². The van der Waals surface area contributed by atoms with E-state index in [0.29, 0.717) is 28.5 Å². The third-order valence-corrected chi connectivity index (χ3v) is 3.10. The van der Waals surface area contributed by atoms with Gasteiger partial charge >= 0.3 is 0 Å². The molecule has 0 spiro atoms. The zero-order valence-electron chi connectivity index (χ0n) is 11.1. The molecule has 0 radical (unpaired) electrons. The highest BCUT2D eigenvalue weighted by Crippen LogP contribution is 2.26. The molecule has 0 fully saturated rings. The van der Waals surface area contributed by atoms with E-state index >= 15 is 0 Å². The van der Waals surface area contributed by atoms with Crippen molar-refractivity contribution in [3.05, 3.63) is 59.9 Å². The summed E-state index contributed by atoms with van der Waals surface area (Å²) in [6.45, 7) is -0.195. The third kappa shape index (κ3) is 2.44. The average molecular weight is 283 g/mol. The van der Waals surface area contributed by atoms with Gasteiger partial charge in [0.05, 0.1) is 6.61 Å². The highest BCUT2D eigenvalue weighted by atomic mass is 16.5. The first-order valence-electron chi connectivity index (χ1n) is 6.33. The number of benzene rings is 1. The average Bonchev–Trinajstić information content (AvgIpc) is 2.84. The smallest absolute Gasteiger partial charge is 0.248 e. The van der Waals surface area contributed by atoms with E-state index in [-0.39, 0.29) is 6.61 Å². The SMILES string of the molecule is NC(=O)c1ccc(Oc2nc3ccccn3c2CO)cc1. The van der Waals surface area contributed by atoms with Crippen molar-refractivity contribution in [2.75, 3.05) is 0 Å². The number of hydrogen-bond donors (Lipinski definition) is 2. The number of carbonyl (C=O) groups excluding carboxylic acids is 1. The van der Waals surface area contributed by atoms with E-state index in [0.717, 1.165) is 0 Å². The maximum Gasteiger partial charge on any atom is 0.248 e. The second-order valence-corrected chi connectivity index (χ2v) is 4.44.